The molecule has 36 heavy (non-hydrogen) atoms. The minimum atomic E-state index is -1.44. The maximum absolute atomic E-state index is 13.2. The van der Waals surface area contributed by atoms with E-state index in [9.17, 15) is 35.1 Å². The van der Waals surface area contributed by atoms with Crippen LogP contribution >= 0.6 is 0 Å². The van der Waals surface area contributed by atoms with E-state index in [0.717, 1.165) is 12.1 Å². The van der Waals surface area contributed by atoms with Crippen LogP contribution in [0.5, 0.6) is 34.5 Å². The zero-order valence-corrected chi connectivity index (χ0v) is 18.6. The Morgan fingerprint density at radius 2 is 1.19 bits per heavy atom. The number of hydrogen-bond donors (Lipinski definition) is 5. The van der Waals surface area contributed by atoms with Gasteiger partial charge in [0.1, 0.15) is 34.2 Å². The maximum Gasteiger partial charge on any atom is 0.344 e. The Labute approximate surface area is 201 Å². The van der Waals surface area contributed by atoms with E-state index in [1.165, 1.54) is 49.6 Å². The Morgan fingerprint density at radius 1 is 0.694 bits per heavy atom. The predicted molar refractivity (Wildman–Crippen MR) is 127 cm³/mol. The van der Waals surface area contributed by atoms with E-state index < -0.39 is 39.8 Å². The summed E-state index contributed by atoms with van der Waals surface area (Å²) in [5.41, 5.74) is -2.93. The zero-order valence-electron chi connectivity index (χ0n) is 18.6. The standard InChI is InChI=1S/C26H18O10/c1-34-19-8-11(2-7-16(19)29)20(21-23(30)14-5-3-12(27)9-17(14)35-25(21)32)22-24(31)15-6-4-13(28)10-18(15)36-26(22)33/h2-10,20,27-31H,1H3. The summed E-state index contributed by atoms with van der Waals surface area (Å²) >= 11 is 0. The molecule has 0 spiro atoms. The molecule has 0 saturated carbocycles. The summed E-state index contributed by atoms with van der Waals surface area (Å²) in [5, 5.41) is 52.0. The smallest absolute Gasteiger partial charge is 0.344 e. The zero-order chi connectivity index (χ0) is 25.7. The Kier molecular flexibility index (Phi) is 5.21. The van der Waals surface area contributed by atoms with Gasteiger partial charge in [0.2, 0.25) is 0 Å². The molecule has 3 aromatic carbocycles. The minimum absolute atomic E-state index is 0.00155. The molecular formula is C26H18O10. The molecule has 0 bridgehead atoms. The molecule has 10 nitrogen and oxygen atoms in total. The largest absolute Gasteiger partial charge is 0.508 e. The van der Waals surface area contributed by atoms with Crippen LogP contribution < -0.4 is 16.0 Å². The summed E-state index contributed by atoms with van der Waals surface area (Å²) in [5.74, 6) is -3.17. The molecular weight excluding hydrogens is 472 g/mol. The SMILES string of the molecule is COc1cc(C(c2c(O)c3ccc(O)cc3oc2=O)c2c(O)c3ccc(O)cc3oc2=O)ccc1O. The molecule has 2 aromatic heterocycles. The second kappa shape index (κ2) is 8.27. The molecule has 5 aromatic rings. The minimum Gasteiger partial charge on any atom is -0.508 e. The van der Waals surface area contributed by atoms with Crippen molar-refractivity contribution < 1.29 is 39.1 Å². The lowest BCUT2D eigenvalue weighted by Crippen LogP contribution is -2.21. The van der Waals surface area contributed by atoms with Crippen LogP contribution in [0.4, 0.5) is 0 Å². The number of fused-ring (bicyclic) bond motifs is 2. The van der Waals surface area contributed by atoms with Gasteiger partial charge in [-0.2, -0.15) is 0 Å². The average molecular weight is 490 g/mol. The van der Waals surface area contributed by atoms with Crippen molar-refractivity contribution in [3.8, 4) is 34.5 Å². The van der Waals surface area contributed by atoms with E-state index in [1.807, 2.05) is 0 Å². The highest BCUT2D eigenvalue weighted by atomic mass is 16.5. The molecule has 182 valence electrons. The number of aromatic hydroxyl groups is 5. The fourth-order valence-corrected chi connectivity index (χ4v) is 4.24. The van der Waals surface area contributed by atoms with Crippen LogP contribution in [0.15, 0.2) is 73.0 Å². The second-order valence-corrected chi connectivity index (χ2v) is 8.03. The Hall–Kier alpha value is -5.12. The summed E-state index contributed by atoms with van der Waals surface area (Å²) in [6.45, 7) is 0. The van der Waals surface area contributed by atoms with Gasteiger partial charge in [0.25, 0.3) is 0 Å². The molecule has 0 aliphatic rings. The van der Waals surface area contributed by atoms with Gasteiger partial charge in [-0.3, -0.25) is 0 Å². The van der Waals surface area contributed by atoms with Gasteiger partial charge in [-0.1, -0.05) is 6.07 Å². The molecule has 5 rings (SSSR count). The van der Waals surface area contributed by atoms with Gasteiger partial charge in [-0.05, 0) is 42.0 Å². The van der Waals surface area contributed by atoms with Crippen LogP contribution in [0.3, 0.4) is 0 Å². The van der Waals surface area contributed by atoms with Crippen LogP contribution in [0.25, 0.3) is 21.9 Å². The molecule has 5 N–H and O–H groups in total. The molecule has 0 saturated heterocycles. The van der Waals surface area contributed by atoms with Crippen molar-refractivity contribution in [1.82, 2.24) is 0 Å². The van der Waals surface area contributed by atoms with Crippen LogP contribution in [0, 0.1) is 0 Å². The number of phenolic OH excluding ortho intramolecular Hbond substituents is 3. The van der Waals surface area contributed by atoms with Gasteiger partial charge in [0.05, 0.1) is 34.9 Å². The van der Waals surface area contributed by atoms with Gasteiger partial charge < -0.3 is 39.1 Å². The normalized spacial score (nSPS) is 11.4. The van der Waals surface area contributed by atoms with Gasteiger partial charge in [0.15, 0.2) is 11.5 Å². The van der Waals surface area contributed by atoms with Crippen LogP contribution in [0.1, 0.15) is 22.6 Å². The molecule has 0 amide bonds. The van der Waals surface area contributed by atoms with Gasteiger partial charge >= 0.3 is 11.3 Å². The second-order valence-electron chi connectivity index (χ2n) is 8.03. The third-order valence-corrected chi connectivity index (χ3v) is 5.91. The predicted octanol–water partition coefficient (Wildman–Crippen LogP) is 3.62. The molecule has 0 aliphatic carbocycles. The van der Waals surface area contributed by atoms with Crippen molar-refractivity contribution in [2.75, 3.05) is 7.11 Å². The summed E-state index contributed by atoms with van der Waals surface area (Å²) < 4.78 is 15.8. The molecule has 0 unspecified atom stereocenters. The summed E-state index contributed by atoms with van der Waals surface area (Å²) in [4.78, 5) is 26.3. The topological polar surface area (TPSA) is 171 Å². The Morgan fingerprint density at radius 3 is 1.67 bits per heavy atom. The first kappa shape index (κ1) is 22.7. The average Bonchev–Trinajstić information content (AvgIpc) is 2.83. The summed E-state index contributed by atoms with van der Waals surface area (Å²) in [7, 11) is 1.30. The number of methoxy groups -OCH3 is 1. The van der Waals surface area contributed by atoms with Crippen LogP contribution in [-0.2, 0) is 0 Å². The fourth-order valence-electron chi connectivity index (χ4n) is 4.24. The molecule has 0 aliphatic heterocycles. The Bertz CT molecular complexity index is 1680. The van der Waals surface area contributed by atoms with Crippen molar-refractivity contribution in [2.24, 2.45) is 0 Å². The van der Waals surface area contributed by atoms with Crippen LogP contribution in [0.2, 0.25) is 0 Å². The van der Waals surface area contributed by atoms with Gasteiger partial charge in [0, 0.05) is 12.1 Å². The molecule has 0 radical (unpaired) electrons. The quantitative estimate of drug-likeness (QED) is 0.234. The molecule has 0 atom stereocenters. The lowest BCUT2D eigenvalue weighted by atomic mass is 9.84. The van der Waals surface area contributed by atoms with Crippen LogP contribution in [-0.4, -0.2) is 32.6 Å². The van der Waals surface area contributed by atoms with E-state index in [1.54, 1.807) is 0 Å². The fraction of sp³-hybridized carbons (Fsp3) is 0.0769. The number of rotatable bonds is 4. The highest BCUT2D eigenvalue weighted by molar-refractivity contribution is 5.88. The first-order chi connectivity index (χ1) is 17.2. The molecule has 0 fully saturated rings. The van der Waals surface area contributed by atoms with E-state index in [0.29, 0.717) is 0 Å². The van der Waals surface area contributed by atoms with Crippen molar-refractivity contribution in [2.45, 2.75) is 5.92 Å². The van der Waals surface area contributed by atoms with Crippen molar-refractivity contribution in [3.05, 3.63) is 92.1 Å². The monoisotopic (exact) mass is 490 g/mol. The van der Waals surface area contributed by atoms with Gasteiger partial charge in [-0.15, -0.1) is 0 Å². The van der Waals surface area contributed by atoms with E-state index in [2.05, 4.69) is 0 Å². The molecule has 2 heterocycles. The molecule has 10 heteroatoms. The number of ether oxygens (including phenoxy) is 1. The van der Waals surface area contributed by atoms with Crippen molar-refractivity contribution >= 4 is 21.9 Å². The van der Waals surface area contributed by atoms with E-state index in [4.69, 9.17) is 13.6 Å². The highest BCUT2D eigenvalue weighted by Crippen LogP contribution is 2.44. The lowest BCUT2D eigenvalue weighted by molar-refractivity contribution is 0.372. The third kappa shape index (κ3) is 3.52. The number of hydrogen-bond acceptors (Lipinski definition) is 10. The Balaban J connectivity index is 1.91. The van der Waals surface area contributed by atoms with Gasteiger partial charge in [-0.25, -0.2) is 9.59 Å². The third-order valence-electron chi connectivity index (χ3n) is 5.91. The van der Waals surface area contributed by atoms with E-state index >= 15 is 0 Å². The van der Waals surface area contributed by atoms with E-state index in [-0.39, 0.29) is 50.5 Å². The summed E-state index contributed by atoms with van der Waals surface area (Å²) in [6.07, 6.45) is 0. The summed E-state index contributed by atoms with van der Waals surface area (Å²) in [6, 6.07) is 11.5. The number of benzene rings is 3. The van der Waals surface area contributed by atoms with Crippen molar-refractivity contribution in [3.63, 3.8) is 0 Å². The van der Waals surface area contributed by atoms with Crippen molar-refractivity contribution in [1.29, 1.82) is 0 Å². The first-order valence-corrected chi connectivity index (χ1v) is 10.5. The lowest BCUT2D eigenvalue weighted by Gasteiger charge is -2.20. The first-order valence-electron chi connectivity index (χ1n) is 10.5. The maximum atomic E-state index is 13.2. The number of phenols is 3. The highest BCUT2D eigenvalue weighted by Gasteiger charge is 2.33.